The first-order valence-corrected chi connectivity index (χ1v) is 7.25. The molecule has 0 radical (unpaired) electrons. The van der Waals surface area contributed by atoms with Crippen LogP contribution in [0.2, 0.25) is 0 Å². The third-order valence-electron chi connectivity index (χ3n) is 3.78. The first-order chi connectivity index (χ1) is 10.9. The fraction of sp³-hybridized carbons (Fsp3) is 0.400. The first-order valence-electron chi connectivity index (χ1n) is 7.25. The molecular weight excluding hydrogens is 309 g/mol. The summed E-state index contributed by atoms with van der Waals surface area (Å²) in [4.78, 5) is 20.1. The third-order valence-corrected chi connectivity index (χ3v) is 3.78. The highest BCUT2D eigenvalue weighted by molar-refractivity contribution is 5.22. The van der Waals surface area contributed by atoms with Crippen molar-refractivity contribution in [3.8, 4) is 0 Å². The van der Waals surface area contributed by atoms with Crippen LogP contribution in [0.3, 0.4) is 0 Å². The number of nitrogens with one attached hydrogen (secondary N) is 1. The lowest BCUT2D eigenvalue weighted by molar-refractivity contribution is -0.141. The maximum absolute atomic E-state index is 12.7. The van der Waals surface area contributed by atoms with Crippen LogP contribution in [0.1, 0.15) is 22.5 Å². The summed E-state index contributed by atoms with van der Waals surface area (Å²) >= 11 is 0. The number of alkyl halides is 3. The molecule has 23 heavy (non-hydrogen) atoms. The van der Waals surface area contributed by atoms with E-state index in [1.54, 1.807) is 0 Å². The Kier molecular flexibility index (Phi) is 4.16. The molecule has 0 spiro atoms. The fourth-order valence-corrected chi connectivity index (χ4v) is 2.62. The molecule has 122 valence electrons. The van der Waals surface area contributed by atoms with Crippen molar-refractivity contribution in [3.05, 3.63) is 57.5 Å². The zero-order chi connectivity index (χ0) is 16.4. The van der Waals surface area contributed by atoms with E-state index >= 15 is 0 Å². The molecule has 3 rings (SSSR count). The second-order valence-corrected chi connectivity index (χ2v) is 5.40. The zero-order valence-electron chi connectivity index (χ0n) is 12.2. The maximum Gasteiger partial charge on any atom is 0.433 e. The van der Waals surface area contributed by atoms with E-state index in [1.165, 1.54) is 17.0 Å². The Morgan fingerprint density at radius 2 is 2.00 bits per heavy atom. The van der Waals surface area contributed by atoms with Crippen LogP contribution in [-0.2, 0) is 25.6 Å². The minimum Gasteiger partial charge on any atom is -0.316 e. The maximum atomic E-state index is 12.7. The van der Waals surface area contributed by atoms with Gasteiger partial charge in [-0.05, 0) is 30.7 Å². The van der Waals surface area contributed by atoms with Crippen molar-refractivity contribution in [2.75, 3.05) is 13.1 Å². The average Bonchev–Trinajstić information content (AvgIpc) is 2.75. The van der Waals surface area contributed by atoms with Gasteiger partial charge in [-0.25, -0.2) is 4.98 Å². The van der Waals surface area contributed by atoms with E-state index in [0.29, 0.717) is 30.5 Å². The minimum absolute atomic E-state index is 0.0398. The van der Waals surface area contributed by atoms with Crippen LogP contribution in [0.25, 0.3) is 0 Å². The van der Waals surface area contributed by atoms with Crippen LogP contribution in [0.5, 0.6) is 0 Å². The highest BCUT2D eigenvalue weighted by Crippen LogP contribution is 2.27. The van der Waals surface area contributed by atoms with E-state index in [-0.39, 0.29) is 12.1 Å². The molecule has 2 aromatic heterocycles. The van der Waals surface area contributed by atoms with Gasteiger partial charge in [-0.3, -0.25) is 14.3 Å². The molecule has 8 heteroatoms. The van der Waals surface area contributed by atoms with Gasteiger partial charge >= 0.3 is 6.18 Å². The second kappa shape index (κ2) is 6.11. The molecule has 1 aliphatic rings. The summed E-state index contributed by atoms with van der Waals surface area (Å²) in [7, 11) is 0. The summed E-state index contributed by atoms with van der Waals surface area (Å²) in [5.41, 5.74) is 0.617. The quantitative estimate of drug-likeness (QED) is 0.907. The Bertz CT molecular complexity index is 770. The monoisotopic (exact) mass is 324 g/mol. The predicted octanol–water partition coefficient (Wildman–Crippen LogP) is 1.39. The van der Waals surface area contributed by atoms with Gasteiger partial charge in [-0.1, -0.05) is 0 Å². The van der Waals surface area contributed by atoms with Crippen LogP contribution < -0.4 is 10.9 Å². The number of halogens is 3. The molecule has 0 aromatic carbocycles. The summed E-state index contributed by atoms with van der Waals surface area (Å²) in [5, 5.41) is 3.19. The number of rotatable bonds is 2. The standard InChI is InChI=1S/C15H15F3N4O/c16-15(17,18)13-7-10(1-6-20-13)8-22-9-21-12-3-5-19-4-2-11(12)14(22)23/h1,6-7,9,19H,2-5,8H2. The highest BCUT2D eigenvalue weighted by atomic mass is 19.4. The Hall–Kier alpha value is -2.22. The molecule has 3 heterocycles. The average molecular weight is 324 g/mol. The largest absolute Gasteiger partial charge is 0.433 e. The van der Waals surface area contributed by atoms with Gasteiger partial charge in [0.2, 0.25) is 0 Å². The smallest absolute Gasteiger partial charge is 0.316 e. The molecule has 0 aliphatic carbocycles. The lowest BCUT2D eigenvalue weighted by Crippen LogP contribution is -2.27. The van der Waals surface area contributed by atoms with Crippen LogP contribution in [0.15, 0.2) is 29.5 Å². The summed E-state index contributed by atoms with van der Waals surface area (Å²) in [6, 6.07) is 2.43. The van der Waals surface area contributed by atoms with Gasteiger partial charge in [-0.2, -0.15) is 13.2 Å². The van der Waals surface area contributed by atoms with Gasteiger partial charge in [0.15, 0.2) is 0 Å². The molecule has 0 amide bonds. The second-order valence-electron chi connectivity index (χ2n) is 5.40. The SMILES string of the molecule is O=c1c2c(ncn1Cc1ccnc(C(F)(F)F)c1)CCNCC2. The van der Waals surface area contributed by atoms with E-state index in [0.717, 1.165) is 24.5 Å². The van der Waals surface area contributed by atoms with Crippen molar-refractivity contribution in [3.63, 3.8) is 0 Å². The van der Waals surface area contributed by atoms with E-state index in [4.69, 9.17) is 0 Å². The number of aromatic nitrogens is 3. The van der Waals surface area contributed by atoms with Crippen molar-refractivity contribution >= 4 is 0 Å². The number of hydrogen-bond acceptors (Lipinski definition) is 4. The Labute approximate surface area is 130 Å². The van der Waals surface area contributed by atoms with Gasteiger partial charge in [0.05, 0.1) is 18.6 Å². The van der Waals surface area contributed by atoms with Gasteiger partial charge in [-0.15, -0.1) is 0 Å². The molecule has 0 bridgehead atoms. The highest BCUT2D eigenvalue weighted by Gasteiger charge is 2.32. The van der Waals surface area contributed by atoms with E-state index in [2.05, 4.69) is 15.3 Å². The number of hydrogen-bond donors (Lipinski definition) is 1. The molecule has 0 atom stereocenters. The molecule has 1 aliphatic heterocycles. The van der Waals surface area contributed by atoms with E-state index < -0.39 is 11.9 Å². The molecule has 0 saturated carbocycles. The van der Waals surface area contributed by atoms with E-state index in [9.17, 15) is 18.0 Å². The Morgan fingerprint density at radius 1 is 1.22 bits per heavy atom. The first kappa shape index (κ1) is 15.7. The molecule has 1 N–H and O–H groups in total. The van der Waals surface area contributed by atoms with Crippen LogP contribution >= 0.6 is 0 Å². The normalized spacial score (nSPS) is 15.1. The van der Waals surface area contributed by atoms with Crippen molar-refractivity contribution in [2.24, 2.45) is 0 Å². The lowest BCUT2D eigenvalue weighted by atomic mass is 10.1. The molecular formula is C15H15F3N4O. The van der Waals surface area contributed by atoms with Crippen LogP contribution in [-0.4, -0.2) is 27.6 Å². The summed E-state index contributed by atoms with van der Waals surface area (Å²) in [6.45, 7) is 1.50. The summed E-state index contributed by atoms with van der Waals surface area (Å²) < 4.78 is 39.5. The summed E-state index contributed by atoms with van der Waals surface area (Å²) in [6.07, 6.45) is -0.742. The van der Waals surface area contributed by atoms with Gasteiger partial charge in [0, 0.05) is 24.7 Å². The number of pyridine rings is 1. The zero-order valence-corrected chi connectivity index (χ0v) is 12.2. The molecule has 0 saturated heterocycles. The predicted molar refractivity (Wildman–Crippen MR) is 77.1 cm³/mol. The van der Waals surface area contributed by atoms with Crippen molar-refractivity contribution in [1.29, 1.82) is 0 Å². The topological polar surface area (TPSA) is 59.8 Å². The fourth-order valence-electron chi connectivity index (χ4n) is 2.62. The molecule has 0 unspecified atom stereocenters. The number of fused-ring (bicyclic) bond motifs is 1. The van der Waals surface area contributed by atoms with Gasteiger partial charge in [0.1, 0.15) is 5.69 Å². The summed E-state index contributed by atoms with van der Waals surface area (Å²) in [5.74, 6) is 0. The number of nitrogens with zero attached hydrogens (tertiary/aromatic N) is 3. The van der Waals surface area contributed by atoms with Crippen LogP contribution in [0.4, 0.5) is 13.2 Å². The third kappa shape index (κ3) is 3.42. The molecule has 5 nitrogen and oxygen atoms in total. The lowest BCUT2D eigenvalue weighted by Gasteiger charge is -2.11. The minimum atomic E-state index is -4.50. The van der Waals surface area contributed by atoms with Crippen molar-refractivity contribution in [1.82, 2.24) is 19.9 Å². The molecule has 2 aromatic rings. The molecule has 0 fully saturated rings. The Balaban J connectivity index is 1.92. The van der Waals surface area contributed by atoms with E-state index in [1.807, 2.05) is 0 Å². The van der Waals surface area contributed by atoms with Gasteiger partial charge in [0.25, 0.3) is 5.56 Å². The van der Waals surface area contributed by atoms with Crippen LogP contribution in [0, 0.1) is 0 Å². The van der Waals surface area contributed by atoms with Crippen molar-refractivity contribution < 1.29 is 13.2 Å². The Morgan fingerprint density at radius 3 is 2.78 bits per heavy atom. The van der Waals surface area contributed by atoms with Gasteiger partial charge < -0.3 is 5.32 Å². The van der Waals surface area contributed by atoms with Crippen molar-refractivity contribution in [2.45, 2.75) is 25.6 Å².